The summed E-state index contributed by atoms with van der Waals surface area (Å²) in [6, 6.07) is 18.7. The maximum atomic E-state index is 14.3. The second-order valence-electron chi connectivity index (χ2n) is 9.20. The second kappa shape index (κ2) is 12.9. The van der Waals surface area contributed by atoms with Gasteiger partial charge in [-0.15, -0.1) is 23.1 Å². The van der Waals surface area contributed by atoms with Gasteiger partial charge in [-0.05, 0) is 54.5 Å². The summed E-state index contributed by atoms with van der Waals surface area (Å²) in [6.45, 7) is 0.386. The van der Waals surface area contributed by atoms with Crippen molar-refractivity contribution in [3.8, 4) is 11.3 Å². The molecule has 0 saturated carbocycles. The maximum absolute atomic E-state index is 14.3. The van der Waals surface area contributed by atoms with Gasteiger partial charge in [-0.25, -0.2) is 9.37 Å². The third kappa shape index (κ3) is 6.40. The highest BCUT2D eigenvalue weighted by molar-refractivity contribution is 7.98. The molecule has 10 heteroatoms. The molecular formula is C30H28FN5O2S2. The molecule has 204 valence electrons. The number of H-pyrrole nitrogens is 1. The highest BCUT2D eigenvalue weighted by Crippen LogP contribution is 2.26. The molecule has 5 aromatic rings. The molecule has 0 aliphatic heterocycles. The number of aromatic amines is 1. The Balaban J connectivity index is 1.25. The molecular weight excluding hydrogens is 545 g/mol. The van der Waals surface area contributed by atoms with Gasteiger partial charge in [0.25, 0.3) is 11.8 Å². The quantitative estimate of drug-likeness (QED) is 0.122. The Hall–Kier alpha value is -4.02. The van der Waals surface area contributed by atoms with Crippen molar-refractivity contribution in [1.82, 2.24) is 25.6 Å². The molecule has 0 radical (unpaired) electrons. The standard InChI is InChI=1S/C30H28FN5O2S2/c1-39-25-11-6-9-22(31)27(25)30(38)33-14-5-4-10-23(36-29(37)26-17-32-18-40-26)28-34-16-24(35-28)21-13-12-19-7-2-3-8-20(19)15-21/h2-3,6-9,11-13,15-18,23H,4-5,10,14H2,1H3,(H,33,38)(H,34,35)(H,36,37). The number of amides is 2. The number of imidazole rings is 1. The summed E-state index contributed by atoms with van der Waals surface area (Å²) in [5.41, 5.74) is 3.56. The van der Waals surface area contributed by atoms with E-state index in [0.717, 1.165) is 22.0 Å². The fourth-order valence-electron chi connectivity index (χ4n) is 4.51. The lowest BCUT2D eigenvalue weighted by Gasteiger charge is -2.16. The molecule has 3 N–H and O–H groups in total. The van der Waals surface area contributed by atoms with E-state index in [-0.39, 0.29) is 17.5 Å². The predicted molar refractivity (Wildman–Crippen MR) is 158 cm³/mol. The summed E-state index contributed by atoms with van der Waals surface area (Å²) in [4.78, 5) is 38.6. The fraction of sp³-hybridized carbons (Fsp3) is 0.200. The molecule has 40 heavy (non-hydrogen) atoms. The molecule has 3 aromatic carbocycles. The van der Waals surface area contributed by atoms with Gasteiger partial charge in [0.1, 0.15) is 16.5 Å². The van der Waals surface area contributed by atoms with Crippen LogP contribution < -0.4 is 10.6 Å². The number of fused-ring (bicyclic) bond motifs is 1. The van der Waals surface area contributed by atoms with Crippen molar-refractivity contribution in [2.75, 3.05) is 12.8 Å². The molecule has 1 unspecified atom stereocenters. The number of carbonyl (C=O) groups is 2. The highest BCUT2D eigenvalue weighted by atomic mass is 32.2. The molecule has 0 aliphatic carbocycles. The van der Waals surface area contributed by atoms with E-state index in [1.807, 2.05) is 24.5 Å². The molecule has 7 nitrogen and oxygen atoms in total. The van der Waals surface area contributed by atoms with Crippen molar-refractivity contribution in [3.05, 3.63) is 101 Å². The second-order valence-corrected chi connectivity index (χ2v) is 10.9. The number of halogens is 1. The zero-order valence-electron chi connectivity index (χ0n) is 21.8. The average Bonchev–Trinajstić information content (AvgIpc) is 3.69. The van der Waals surface area contributed by atoms with Crippen molar-refractivity contribution in [2.45, 2.75) is 30.2 Å². The number of unbranched alkanes of at least 4 members (excludes halogenated alkanes) is 1. The van der Waals surface area contributed by atoms with E-state index in [1.54, 1.807) is 30.0 Å². The number of rotatable bonds is 11. The Morgan fingerprint density at radius 3 is 2.67 bits per heavy atom. The highest BCUT2D eigenvalue weighted by Gasteiger charge is 2.20. The monoisotopic (exact) mass is 573 g/mol. The van der Waals surface area contributed by atoms with Crippen LogP contribution in [0.2, 0.25) is 0 Å². The third-order valence-corrected chi connectivity index (χ3v) is 8.13. The van der Waals surface area contributed by atoms with Crippen LogP contribution >= 0.6 is 23.1 Å². The number of carbonyl (C=O) groups excluding carboxylic acids is 2. The molecule has 0 bridgehead atoms. The Kier molecular flexibility index (Phi) is 8.87. The van der Waals surface area contributed by atoms with E-state index in [9.17, 15) is 14.0 Å². The molecule has 2 heterocycles. The van der Waals surface area contributed by atoms with E-state index in [4.69, 9.17) is 0 Å². The van der Waals surface area contributed by atoms with Crippen LogP contribution in [-0.2, 0) is 0 Å². The van der Waals surface area contributed by atoms with E-state index in [0.29, 0.717) is 41.4 Å². The molecule has 5 rings (SSSR count). The summed E-state index contributed by atoms with van der Waals surface area (Å²) >= 11 is 2.61. The molecule has 0 aliphatic rings. The Labute approximate surface area is 239 Å². The van der Waals surface area contributed by atoms with Crippen molar-refractivity contribution < 1.29 is 14.0 Å². The Bertz CT molecular complexity index is 1620. The number of thioether (sulfide) groups is 1. The summed E-state index contributed by atoms with van der Waals surface area (Å²) < 4.78 is 14.3. The number of hydrogen-bond acceptors (Lipinski definition) is 6. The lowest BCUT2D eigenvalue weighted by Crippen LogP contribution is -2.29. The smallest absolute Gasteiger partial charge is 0.263 e. The lowest BCUT2D eigenvalue weighted by atomic mass is 10.1. The lowest BCUT2D eigenvalue weighted by molar-refractivity contribution is 0.0934. The molecule has 0 spiro atoms. The first-order valence-electron chi connectivity index (χ1n) is 12.9. The first-order valence-corrected chi connectivity index (χ1v) is 15.0. The van der Waals surface area contributed by atoms with Crippen LogP contribution in [0.5, 0.6) is 0 Å². The number of thiazole rings is 1. The van der Waals surface area contributed by atoms with Gasteiger partial charge < -0.3 is 15.6 Å². The summed E-state index contributed by atoms with van der Waals surface area (Å²) in [5.74, 6) is -0.520. The topological polar surface area (TPSA) is 99.8 Å². The van der Waals surface area contributed by atoms with E-state index in [2.05, 4.69) is 49.9 Å². The van der Waals surface area contributed by atoms with Crippen molar-refractivity contribution >= 4 is 45.7 Å². The molecule has 0 saturated heterocycles. The van der Waals surface area contributed by atoms with Gasteiger partial charge in [0.15, 0.2) is 0 Å². The number of nitrogens with one attached hydrogen (secondary N) is 3. The number of aromatic nitrogens is 3. The number of nitrogens with zero attached hydrogens (tertiary/aromatic N) is 2. The SMILES string of the molecule is CSc1cccc(F)c1C(=O)NCCCCC(NC(=O)c1cncs1)c1ncc(-c2ccc3ccccc3c2)[nH]1. The van der Waals surface area contributed by atoms with Crippen molar-refractivity contribution in [3.63, 3.8) is 0 Å². The van der Waals surface area contributed by atoms with E-state index in [1.165, 1.54) is 29.2 Å². The fourth-order valence-corrected chi connectivity index (χ4v) is 5.64. The zero-order valence-corrected chi connectivity index (χ0v) is 23.4. The van der Waals surface area contributed by atoms with E-state index >= 15 is 0 Å². The minimum Gasteiger partial charge on any atom is -0.352 e. The number of benzene rings is 3. The van der Waals surface area contributed by atoms with Crippen LogP contribution in [0.3, 0.4) is 0 Å². The van der Waals surface area contributed by atoms with Gasteiger partial charge in [0, 0.05) is 17.0 Å². The Morgan fingerprint density at radius 1 is 1.02 bits per heavy atom. The normalized spacial score (nSPS) is 11.8. The third-order valence-electron chi connectivity index (χ3n) is 6.57. The van der Waals surface area contributed by atoms with Crippen LogP contribution in [0.4, 0.5) is 4.39 Å². The maximum Gasteiger partial charge on any atom is 0.263 e. The van der Waals surface area contributed by atoms with Crippen LogP contribution in [0.1, 0.15) is 51.2 Å². The molecule has 0 fully saturated rings. The first kappa shape index (κ1) is 27.5. The molecule has 2 aromatic heterocycles. The van der Waals surface area contributed by atoms with E-state index < -0.39 is 11.7 Å². The van der Waals surface area contributed by atoms with Crippen LogP contribution in [-0.4, -0.2) is 39.6 Å². The zero-order chi connectivity index (χ0) is 27.9. The van der Waals surface area contributed by atoms with Crippen LogP contribution in [0.15, 0.2) is 83.5 Å². The minimum atomic E-state index is -0.532. The number of hydrogen-bond donors (Lipinski definition) is 3. The van der Waals surface area contributed by atoms with Crippen molar-refractivity contribution in [2.24, 2.45) is 0 Å². The average molecular weight is 574 g/mol. The summed E-state index contributed by atoms with van der Waals surface area (Å²) in [5, 5.41) is 8.19. The predicted octanol–water partition coefficient (Wildman–Crippen LogP) is 6.62. The minimum absolute atomic E-state index is 0.0708. The van der Waals surface area contributed by atoms with Crippen LogP contribution in [0, 0.1) is 5.82 Å². The van der Waals surface area contributed by atoms with Crippen LogP contribution in [0.25, 0.3) is 22.0 Å². The largest absolute Gasteiger partial charge is 0.352 e. The van der Waals surface area contributed by atoms with Gasteiger partial charge in [0.05, 0.1) is 35.2 Å². The van der Waals surface area contributed by atoms with Gasteiger partial charge in [-0.3, -0.25) is 14.6 Å². The molecule has 2 amide bonds. The van der Waals surface area contributed by atoms with Gasteiger partial charge >= 0.3 is 0 Å². The van der Waals surface area contributed by atoms with Gasteiger partial charge in [-0.1, -0.05) is 42.5 Å². The van der Waals surface area contributed by atoms with Crippen molar-refractivity contribution in [1.29, 1.82) is 0 Å². The summed E-state index contributed by atoms with van der Waals surface area (Å²) in [6.07, 6.45) is 7.09. The summed E-state index contributed by atoms with van der Waals surface area (Å²) in [7, 11) is 0. The molecule has 1 atom stereocenters. The first-order chi connectivity index (χ1) is 19.5. The Morgan fingerprint density at radius 2 is 1.88 bits per heavy atom. The van der Waals surface area contributed by atoms with Gasteiger partial charge in [-0.2, -0.15) is 0 Å². The van der Waals surface area contributed by atoms with Gasteiger partial charge in [0.2, 0.25) is 0 Å².